The van der Waals surface area contributed by atoms with Crippen LogP contribution in [0.4, 0.5) is 43.9 Å². The molecule has 12 heteroatoms. The van der Waals surface area contributed by atoms with E-state index in [2.05, 4.69) is 30.2 Å². The van der Waals surface area contributed by atoms with E-state index in [0.717, 1.165) is 74.8 Å². The smallest absolute Gasteiger partial charge is 0.406 e. The topological polar surface area (TPSA) is 18.5 Å². The predicted molar refractivity (Wildman–Crippen MR) is 184 cm³/mol. The van der Waals surface area contributed by atoms with E-state index >= 15 is 0 Å². The van der Waals surface area contributed by atoms with Gasteiger partial charge >= 0.3 is 12.7 Å². The highest BCUT2D eigenvalue weighted by Gasteiger charge is 2.33. The largest absolute Gasteiger partial charge is 0.573 e. The molecule has 0 heterocycles. The van der Waals surface area contributed by atoms with Crippen LogP contribution in [0.3, 0.4) is 0 Å². The molecule has 0 aromatic heterocycles. The van der Waals surface area contributed by atoms with Crippen molar-refractivity contribution in [2.75, 3.05) is 0 Å². The molecule has 1 unspecified atom stereocenters. The van der Waals surface area contributed by atoms with E-state index in [1.165, 1.54) is 36.4 Å². The quantitative estimate of drug-likeness (QED) is 0.150. The van der Waals surface area contributed by atoms with Gasteiger partial charge in [-0.05, 0) is 114 Å². The van der Waals surface area contributed by atoms with Crippen molar-refractivity contribution >= 4 is 0 Å². The van der Waals surface area contributed by atoms with Gasteiger partial charge in [-0.3, -0.25) is 0 Å². The Kier molecular flexibility index (Phi) is 13.9. The number of ether oxygens (including phenoxy) is 2. The van der Waals surface area contributed by atoms with E-state index in [1.807, 2.05) is 6.92 Å². The molecular weight excluding hydrogens is 714 g/mol. The Bertz CT molecular complexity index is 1770. The Morgan fingerprint density at radius 2 is 1.23 bits per heavy atom. The Labute approximate surface area is 303 Å². The number of benzene rings is 4. The van der Waals surface area contributed by atoms with Crippen molar-refractivity contribution in [3.63, 3.8) is 0 Å². The number of rotatable bonds is 10. The van der Waals surface area contributed by atoms with Crippen molar-refractivity contribution < 1.29 is 53.4 Å². The van der Waals surface area contributed by atoms with Gasteiger partial charge in [-0.2, -0.15) is 0 Å². The van der Waals surface area contributed by atoms with Crippen LogP contribution in [0.1, 0.15) is 95.6 Å². The monoisotopic (exact) mass is 756 g/mol. The fourth-order valence-electron chi connectivity index (χ4n) is 6.56. The molecule has 1 fully saturated rings. The molecule has 0 spiro atoms. The van der Waals surface area contributed by atoms with Gasteiger partial charge in [0.25, 0.3) is 0 Å². The van der Waals surface area contributed by atoms with Crippen LogP contribution >= 0.6 is 0 Å². The highest BCUT2D eigenvalue weighted by atomic mass is 19.4. The molecule has 2 nitrogen and oxygen atoms in total. The van der Waals surface area contributed by atoms with E-state index in [0.29, 0.717) is 17.4 Å². The average molecular weight is 757 g/mol. The number of alkyl halides is 6. The minimum Gasteiger partial charge on any atom is -0.406 e. The van der Waals surface area contributed by atoms with Crippen molar-refractivity contribution in [2.45, 2.75) is 97.2 Å². The number of hydrogen-bond donors (Lipinski definition) is 0. The molecule has 53 heavy (non-hydrogen) atoms. The summed E-state index contributed by atoms with van der Waals surface area (Å²) < 4.78 is 138. The first-order valence-electron chi connectivity index (χ1n) is 17.5. The molecule has 1 aliphatic rings. The molecule has 1 atom stereocenters. The fourth-order valence-corrected chi connectivity index (χ4v) is 6.56. The summed E-state index contributed by atoms with van der Waals surface area (Å²) in [5, 5.41) is 0. The molecule has 4 aromatic rings. The summed E-state index contributed by atoms with van der Waals surface area (Å²) >= 11 is 0. The minimum atomic E-state index is -4.99. The lowest BCUT2D eigenvalue weighted by atomic mass is 9.79. The molecule has 0 amide bonds. The van der Waals surface area contributed by atoms with Gasteiger partial charge in [0, 0.05) is 5.56 Å². The minimum absolute atomic E-state index is 0.134. The summed E-state index contributed by atoms with van der Waals surface area (Å²) in [4.78, 5) is 0. The lowest BCUT2D eigenvalue weighted by Crippen LogP contribution is -2.17. The van der Waals surface area contributed by atoms with Crippen molar-refractivity contribution in [1.82, 2.24) is 0 Å². The Hall–Kier alpha value is -4.22. The second kappa shape index (κ2) is 17.7. The first kappa shape index (κ1) is 41.5. The van der Waals surface area contributed by atoms with Gasteiger partial charge in [0.05, 0.1) is 5.56 Å². The lowest BCUT2D eigenvalue weighted by molar-refractivity contribution is -0.276. The van der Waals surface area contributed by atoms with Crippen LogP contribution in [0.25, 0.3) is 22.3 Å². The van der Waals surface area contributed by atoms with Gasteiger partial charge in [0.1, 0.15) is 23.2 Å². The summed E-state index contributed by atoms with van der Waals surface area (Å²) in [6.45, 7) is 8.49. The third-order valence-corrected chi connectivity index (χ3v) is 9.45. The van der Waals surface area contributed by atoms with Gasteiger partial charge in [0.2, 0.25) is 0 Å². The Balaban J connectivity index is 0.000000237. The van der Waals surface area contributed by atoms with E-state index in [1.54, 1.807) is 12.1 Å². The first-order chi connectivity index (χ1) is 24.8. The molecule has 288 valence electrons. The van der Waals surface area contributed by atoms with Gasteiger partial charge in [-0.15, -0.1) is 26.3 Å². The summed E-state index contributed by atoms with van der Waals surface area (Å²) in [7, 11) is 0. The third-order valence-electron chi connectivity index (χ3n) is 9.45. The average Bonchev–Trinajstić information content (AvgIpc) is 3.06. The highest BCUT2D eigenvalue weighted by molar-refractivity contribution is 5.67. The lowest BCUT2D eigenvalue weighted by Gasteiger charge is -2.26. The highest BCUT2D eigenvalue weighted by Crippen LogP contribution is 2.39. The van der Waals surface area contributed by atoms with Crippen LogP contribution in [0.5, 0.6) is 11.5 Å². The maximum absolute atomic E-state index is 14.6. The molecule has 0 radical (unpaired) electrons. The van der Waals surface area contributed by atoms with Crippen molar-refractivity contribution in [2.24, 2.45) is 11.8 Å². The molecule has 0 aliphatic heterocycles. The van der Waals surface area contributed by atoms with E-state index in [4.69, 9.17) is 0 Å². The van der Waals surface area contributed by atoms with Crippen LogP contribution in [0, 0.1) is 35.1 Å². The zero-order valence-electron chi connectivity index (χ0n) is 29.8. The molecular formula is C41H42F10O2. The summed E-state index contributed by atoms with van der Waals surface area (Å²) in [6, 6.07) is 14.9. The fraction of sp³-hybridized carbons (Fsp3) is 0.415. The molecule has 0 saturated heterocycles. The van der Waals surface area contributed by atoms with Gasteiger partial charge in [-0.1, -0.05) is 77.3 Å². The summed E-state index contributed by atoms with van der Waals surface area (Å²) in [5.41, 5.74) is 1.73. The van der Waals surface area contributed by atoms with Crippen LogP contribution in [-0.4, -0.2) is 12.7 Å². The van der Waals surface area contributed by atoms with Crippen LogP contribution in [0.15, 0.2) is 72.8 Å². The van der Waals surface area contributed by atoms with Crippen molar-refractivity contribution in [3.8, 4) is 33.8 Å². The van der Waals surface area contributed by atoms with Crippen molar-refractivity contribution in [1.29, 1.82) is 0 Å². The van der Waals surface area contributed by atoms with E-state index in [9.17, 15) is 43.9 Å². The maximum atomic E-state index is 14.6. The number of hydrogen-bond acceptors (Lipinski definition) is 2. The Morgan fingerprint density at radius 1 is 0.642 bits per heavy atom. The molecule has 4 aromatic carbocycles. The van der Waals surface area contributed by atoms with Crippen molar-refractivity contribution in [3.05, 3.63) is 107 Å². The van der Waals surface area contributed by atoms with Crippen LogP contribution < -0.4 is 9.47 Å². The summed E-state index contributed by atoms with van der Waals surface area (Å²) in [6.07, 6.45) is -3.04. The second-order valence-electron chi connectivity index (χ2n) is 13.9. The third kappa shape index (κ3) is 12.2. The van der Waals surface area contributed by atoms with Crippen LogP contribution in [-0.2, 0) is 0 Å². The second-order valence-corrected chi connectivity index (χ2v) is 13.9. The van der Waals surface area contributed by atoms with E-state index < -0.39 is 47.5 Å². The molecule has 0 bridgehead atoms. The summed E-state index contributed by atoms with van der Waals surface area (Å²) in [5.74, 6) is -2.94. The normalized spacial score (nSPS) is 16.9. The van der Waals surface area contributed by atoms with Gasteiger partial charge in [0.15, 0.2) is 11.6 Å². The zero-order chi connectivity index (χ0) is 39.1. The molecule has 1 aliphatic carbocycles. The standard InChI is InChI=1S/C21H23F5O.C20H19F5O/c1-4-14(6-5-13(2)3)15-7-9-17(18(22)11-15)16-8-10-20(19(23)12-16)27-21(24,25)26;1-12-2-4-13(5-3-12)15-10-17(21)19(18(22)11-15)14-6-8-16(9-7-14)26-20(23,24)25/h7-14H,4-6H2,1-3H3;6-13H,2-5H2,1H3. The zero-order valence-corrected chi connectivity index (χ0v) is 29.8. The van der Waals surface area contributed by atoms with E-state index in [-0.39, 0.29) is 34.1 Å². The predicted octanol–water partition coefficient (Wildman–Crippen LogP) is 14.3. The van der Waals surface area contributed by atoms with Gasteiger partial charge < -0.3 is 9.47 Å². The SMILES string of the molecule is CC1CCC(c2cc(F)c(-c3ccc(OC(F)(F)F)cc3)c(F)c2)CC1.CCC(CCC(C)C)c1ccc(-c2ccc(OC(F)(F)F)c(F)c2)c(F)c1. The van der Waals surface area contributed by atoms with Gasteiger partial charge in [-0.25, -0.2) is 17.6 Å². The van der Waals surface area contributed by atoms with Crippen LogP contribution in [0.2, 0.25) is 0 Å². The molecule has 1 saturated carbocycles. The Morgan fingerprint density at radius 3 is 1.74 bits per heavy atom. The molecule has 0 N–H and O–H groups in total. The number of halogens is 10. The maximum Gasteiger partial charge on any atom is 0.573 e. The first-order valence-corrected chi connectivity index (χ1v) is 17.5. The molecule has 5 rings (SSSR count).